The van der Waals surface area contributed by atoms with Crippen LogP contribution in [0, 0.1) is 11.7 Å². The number of benzene rings is 2. The van der Waals surface area contributed by atoms with E-state index in [0.29, 0.717) is 24.7 Å². The van der Waals surface area contributed by atoms with E-state index < -0.39 is 21.7 Å². The van der Waals surface area contributed by atoms with Crippen molar-refractivity contribution in [2.24, 2.45) is 5.92 Å². The molecule has 0 aliphatic rings. The number of nitrogens with zero attached hydrogens (tertiary/aromatic N) is 1. The Hall–Kier alpha value is -2.65. The summed E-state index contributed by atoms with van der Waals surface area (Å²) in [5.41, 5.74) is 0.823. The summed E-state index contributed by atoms with van der Waals surface area (Å²) >= 11 is 0. The molecular formula is C23H31FN2O5S. The van der Waals surface area contributed by atoms with Gasteiger partial charge in [-0.3, -0.25) is 4.79 Å². The molecule has 0 aliphatic heterocycles. The van der Waals surface area contributed by atoms with Crippen molar-refractivity contribution in [1.82, 2.24) is 9.62 Å². The number of likely N-dealkylation sites (N-methyl/N-ethyl adjacent to an activating group) is 1. The highest BCUT2D eigenvalue weighted by molar-refractivity contribution is 7.89. The molecule has 32 heavy (non-hydrogen) atoms. The number of carbonyl (C=O) groups is 1. The molecule has 0 radical (unpaired) electrons. The first-order valence-electron chi connectivity index (χ1n) is 10.5. The van der Waals surface area contributed by atoms with Gasteiger partial charge in [-0.2, -0.15) is 4.31 Å². The van der Waals surface area contributed by atoms with Crippen molar-refractivity contribution in [1.29, 1.82) is 0 Å². The van der Waals surface area contributed by atoms with Crippen LogP contribution in [0.15, 0.2) is 47.4 Å². The van der Waals surface area contributed by atoms with E-state index in [0.717, 1.165) is 22.0 Å². The van der Waals surface area contributed by atoms with Crippen molar-refractivity contribution in [3.63, 3.8) is 0 Å². The fraction of sp³-hybridized carbons (Fsp3) is 0.435. The number of halogens is 1. The average Bonchev–Trinajstić information content (AvgIpc) is 2.73. The first-order valence-corrected chi connectivity index (χ1v) is 11.9. The molecule has 0 aliphatic carbocycles. The number of rotatable bonds is 11. The van der Waals surface area contributed by atoms with E-state index in [9.17, 15) is 17.6 Å². The molecule has 0 saturated carbocycles. The monoisotopic (exact) mass is 466 g/mol. The van der Waals surface area contributed by atoms with Crippen LogP contribution in [0.4, 0.5) is 4.39 Å². The Morgan fingerprint density at radius 3 is 2.19 bits per heavy atom. The molecule has 2 aromatic rings. The van der Waals surface area contributed by atoms with Gasteiger partial charge in [0.05, 0.1) is 30.7 Å². The van der Waals surface area contributed by atoms with Gasteiger partial charge in [0.25, 0.3) is 0 Å². The normalized spacial score (nSPS) is 12.6. The molecule has 176 valence electrons. The van der Waals surface area contributed by atoms with Crippen molar-refractivity contribution in [3.05, 3.63) is 53.8 Å². The quantitative estimate of drug-likeness (QED) is 0.545. The lowest BCUT2D eigenvalue weighted by Gasteiger charge is -2.25. The second-order valence-corrected chi connectivity index (χ2v) is 9.62. The van der Waals surface area contributed by atoms with E-state index in [4.69, 9.17) is 9.47 Å². The van der Waals surface area contributed by atoms with Crippen molar-refractivity contribution < 1.29 is 27.1 Å². The largest absolute Gasteiger partial charge is 0.490 e. The highest BCUT2D eigenvalue weighted by Gasteiger charge is 2.26. The summed E-state index contributed by atoms with van der Waals surface area (Å²) in [5, 5.41) is 2.92. The summed E-state index contributed by atoms with van der Waals surface area (Å²) in [5.74, 6) is 0.250. The van der Waals surface area contributed by atoms with Crippen LogP contribution in [-0.2, 0) is 14.8 Å². The van der Waals surface area contributed by atoms with Gasteiger partial charge in [0.2, 0.25) is 15.9 Å². The van der Waals surface area contributed by atoms with Crippen LogP contribution in [-0.4, -0.2) is 45.4 Å². The van der Waals surface area contributed by atoms with Crippen LogP contribution in [0.25, 0.3) is 0 Å². The van der Waals surface area contributed by atoms with E-state index >= 15 is 0 Å². The molecule has 0 fully saturated rings. The smallest absolute Gasteiger partial charge is 0.243 e. The Morgan fingerprint density at radius 2 is 1.62 bits per heavy atom. The maximum absolute atomic E-state index is 13.1. The van der Waals surface area contributed by atoms with Crippen LogP contribution in [0.2, 0.25) is 0 Å². The lowest BCUT2D eigenvalue weighted by Crippen LogP contribution is -2.41. The van der Waals surface area contributed by atoms with Crippen LogP contribution in [0.1, 0.15) is 39.3 Å². The molecular weight excluding hydrogens is 435 g/mol. The van der Waals surface area contributed by atoms with E-state index in [-0.39, 0.29) is 23.4 Å². The Kier molecular flexibility index (Phi) is 9.03. The van der Waals surface area contributed by atoms with Crippen molar-refractivity contribution in [3.8, 4) is 11.5 Å². The van der Waals surface area contributed by atoms with Gasteiger partial charge in [-0.25, -0.2) is 12.8 Å². The second kappa shape index (κ2) is 11.3. The predicted octanol–water partition coefficient (Wildman–Crippen LogP) is 3.76. The van der Waals surface area contributed by atoms with Crippen molar-refractivity contribution in [2.45, 2.75) is 38.6 Å². The minimum atomic E-state index is -3.93. The van der Waals surface area contributed by atoms with Gasteiger partial charge in [0, 0.05) is 7.05 Å². The molecule has 2 aromatic carbocycles. The summed E-state index contributed by atoms with van der Waals surface area (Å²) in [4.78, 5) is 12.6. The standard InChI is InChI=1S/C23H31FN2O5S/c1-6-30-20-13-8-17(14-21(20)31-7-2)23(16(3)4)25-22(27)15-26(5)32(28,29)19-11-9-18(24)10-12-19/h8-14,16,23H,6-7,15H2,1-5H3,(H,25,27). The zero-order valence-corrected chi connectivity index (χ0v) is 19.9. The van der Waals surface area contributed by atoms with Gasteiger partial charge in [0.1, 0.15) is 5.82 Å². The van der Waals surface area contributed by atoms with Gasteiger partial charge >= 0.3 is 0 Å². The summed E-state index contributed by atoms with van der Waals surface area (Å²) < 4.78 is 50.7. The highest BCUT2D eigenvalue weighted by Crippen LogP contribution is 2.33. The fourth-order valence-electron chi connectivity index (χ4n) is 3.19. The van der Waals surface area contributed by atoms with Gasteiger partial charge in [-0.05, 0) is 61.7 Å². The molecule has 1 N–H and O–H groups in total. The molecule has 9 heteroatoms. The number of amides is 1. The predicted molar refractivity (Wildman–Crippen MR) is 121 cm³/mol. The zero-order chi connectivity index (χ0) is 23.9. The molecule has 0 saturated heterocycles. The lowest BCUT2D eigenvalue weighted by molar-refractivity contribution is -0.122. The van der Waals surface area contributed by atoms with Gasteiger partial charge in [-0.1, -0.05) is 19.9 Å². The first kappa shape index (κ1) is 25.6. The number of hydrogen-bond acceptors (Lipinski definition) is 5. The average molecular weight is 467 g/mol. The number of sulfonamides is 1. The van der Waals surface area contributed by atoms with E-state index in [1.807, 2.05) is 39.8 Å². The second-order valence-electron chi connectivity index (χ2n) is 7.58. The summed E-state index contributed by atoms with van der Waals surface area (Å²) in [7, 11) is -2.62. The molecule has 1 atom stereocenters. The minimum absolute atomic E-state index is 0.0328. The summed E-state index contributed by atoms with van der Waals surface area (Å²) in [6.07, 6.45) is 0. The number of hydrogen-bond donors (Lipinski definition) is 1. The van der Waals surface area contributed by atoms with Gasteiger partial charge in [-0.15, -0.1) is 0 Å². The van der Waals surface area contributed by atoms with Crippen LogP contribution in [0.5, 0.6) is 11.5 Å². The topological polar surface area (TPSA) is 84.9 Å². The molecule has 7 nitrogen and oxygen atoms in total. The molecule has 0 aromatic heterocycles. The van der Waals surface area contributed by atoms with E-state index in [1.54, 1.807) is 6.07 Å². The van der Waals surface area contributed by atoms with Crippen molar-refractivity contribution in [2.75, 3.05) is 26.8 Å². The third-order valence-corrected chi connectivity index (χ3v) is 6.62. The van der Waals surface area contributed by atoms with E-state index in [2.05, 4.69) is 5.32 Å². The Bertz CT molecular complexity index is 1010. The Labute approximate surface area is 189 Å². The van der Waals surface area contributed by atoms with Crippen molar-refractivity contribution >= 4 is 15.9 Å². The SMILES string of the molecule is CCOc1ccc(C(NC(=O)CN(C)S(=O)(=O)c2ccc(F)cc2)C(C)C)cc1OCC. The van der Waals surface area contributed by atoms with Crippen LogP contribution in [0.3, 0.4) is 0 Å². The molecule has 0 heterocycles. The third kappa shape index (κ3) is 6.43. The van der Waals surface area contributed by atoms with Gasteiger partial charge < -0.3 is 14.8 Å². The maximum atomic E-state index is 13.1. The van der Waals surface area contributed by atoms with Crippen LogP contribution >= 0.6 is 0 Å². The Balaban J connectivity index is 2.18. The minimum Gasteiger partial charge on any atom is -0.490 e. The first-order chi connectivity index (χ1) is 15.1. The molecule has 0 bridgehead atoms. The fourth-order valence-corrected chi connectivity index (χ4v) is 4.32. The molecule has 1 unspecified atom stereocenters. The number of ether oxygens (including phenoxy) is 2. The zero-order valence-electron chi connectivity index (χ0n) is 19.1. The number of nitrogens with one attached hydrogen (secondary N) is 1. The third-order valence-electron chi connectivity index (χ3n) is 4.80. The Morgan fingerprint density at radius 1 is 1.03 bits per heavy atom. The summed E-state index contributed by atoms with van der Waals surface area (Å²) in [6, 6.07) is 9.61. The molecule has 1 amide bonds. The molecule has 0 spiro atoms. The maximum Gasteiger partial charge on any atom is 0.243 e. The highest BCUT2D eigenvalue weighted by atomic mass is 32.2. The van der Waals surface area contributed by atoms with E-state index in [1.165, 1.54) is 19.2 Å². The van der Waals surface area contributed by atoms with Gasteiger partial charge in [0.15, 0.2) is 11.5 Å². The van der Waals surface area contributed by atoms with Crippen LogP contribution < -0.4 is 14.8 Å². The molecule has 2 rings (SSSR count). The summed E-state index contributed by atoms with van der Waals surface area (Å²) in [6.45, 7) is 8.27. The number of carbonyl (C=O) groups excluding carboxylic acids is 1. The lowest BCUT2D eigenvalue weighted by atomic mass is 9.95.